The zero-order chi connectivity index (χ0) is 21.0. The first-order chi connectivity index (χ1) is 13.8. The molecule has 0 aliphatic rings. The van der Waals surface area contributed by atoms with Gasteiger partial charge in [-0.15, -0.1) is 0 Å². The number of para-hydroxylation sites is 1. The van der Waals surface area contributed by atoms with Crippen molar-refractivity contribution in [2.75, 3.05) is 12.3 Å². The normalized spacial score (nSPS) is 11.2. The van der Waals surface area contributed by atoms with Crippen LogP contribution in [0.5, 0.6) is 0 Å². The number of nitrogens with zero attached hydrogens (tertiary/aromatic N) is 2. The summed E-state index contributed by atoms with van der Waals surface area (Å²) in [7, 11) is -3.58. The number of carbonyl (C=O) groups is 1. The Bertz CT molecular complexity index is 1210. The van der Waals surface area contributed by atoms with Gasteiger partial charge in [-0.05, 0) is 31.2 Å². The van der Waals surface area contributed by atoms with E-state index in [1.807, 2.05) is 0 Å². The summed E-state index contributed by atoms with van der Waals surface area (Å²) >= 11 is 0. The largest absolute Gasteiger partial charge is 0.349 e. The van der Waals surface area contributed by atoms with E-state index < -0.39 is 32.7 Å². The van der Waals surface area contributed by atoms with Crippen LogP contribution < -0.4 is 10.7 Å². The van der Waals surface area contributed by atoms with Gasteiger partial charge in [0.15, 0.2) is 15.5 Å². The molecule has 150 valence electrons. The van der Waals surface area contributed by atoms with Crippen molar-refractivity contribution in [1.29, 1.82) is 0 Å². The van der Waals surface area contributed by atoms with Crippen molar-refractivity contribution in [1.82, 2.24) is 15.1 Å². The fourth-order valence-corrected chi connectivity index (χ4v) is 3.88. The molecule has 2 aromatic carbocycles. The third-order valence-corrected chi connectivity index (χ3v) is 5.89. The molecule has 0 spiro atoms. The number of sulfone groups is 1. The van der Waals surface area contributed by atoms with Crippen molar-refractivity contribution in [3.8, 4) is 5.69 Å². The number of nitrogens with one attached hydrogen (secondary N) is 1. The van der Waals surface area contributed by atoms with Gasteiger partial charge in [0.25, 0.3) is 5.91 Å². The highest BCUT2D eigenvalue weighted by atomic mass is 32.2. The van der Waals surface area contributed by atoms with Gasteiger partial charge in [0.1, 0.15) is 11.5 Å². The van der Waals surface area contributed by atoms with E-state index in [1.165, 1.54) is 36.4 Å². The Morgan fingerprint density at radius 2 is 1.76 bits per heavy atom. The second-order valence-electron chi connectivity index (χ2n) is 6.25. The van der Waals surface area contributed by atoms with Crippen molar-refractivity contribution in [3.63, 3.8) is 0 Å². The van der Waals surface area contributed by atoms with Gasteiger partial charge in [0, 0.05) is 18.3 Å². The highest BCUT2D eigenvalue weighted by Crippen LogP contribution is 2.13. The smallest absolute Gasteiger partial charge is 0.275 e. The Labute approximate surface area is 166 Å². The predicted molar refractivity (Wildman–Crippen MR) is 105 cm³/mol. The van der Waals surface area contributed by atoms with Gasteiger partial charge in [-0.1, -0.05) is 30.3 Å². The Kier molecular flexibility index (Phi) is 5.88. The summed E-state index contributed by atoms with van der Waals surface area (Å²) in [5, 5.41) is 6.37. The van der Waals surface area contributed by atoms with Gasteiger partial charge in [0.2, 0.25) is 5.43 Å². The zero-order valence-corrected chi connectivity index (χ0v) is 16.3. The molecule has 1 aromatic heterocycles. The number of benzene rings is 2. The topological polar surface area (TPSA) is 98.1 Å². The minimum Gasteiger partial charge on any atom is -0.349 e. The highest BCUT2D eigenvalue weighted by Gasteiger charge is 2.18. The Balaban J connectivity index is 1.79. The van der Waals surface area contributed by atoms with Gasteiger partial charge in [0.05, 0.1) is 10.6 Å². The lowest BCUT2D eigenvalue weighted by molar-refractivity contribution is 0.0948. The van der Waals surface area contributed by atoms with Crippen LogP contribution in [0.1, 0.15) is 16.2 Å². The van der Waals surface area contributed by atoms with Crippen molar-refractivity contribution in [2.45, 2.75) is 11.8 Å². The molecule has 3 rings (SSSR count). The van der Waals surface area contributed by atoms with Crippen LogP contribution in [0.3, 0.4) is 0 Å². The molecule has 0 saturated carbocycles. The maximum Gasteiger partial charge on any atom is 0.275 e. The fraction of sp³-hybridized carbons (Fsp3) is 0.150. The van der Waals surface area contributed by atoms with Crippen LogP contribution in [-0.4, -0.2) is 36.4 Å². The molecule has 1 amide bonds. The Morgan fingerprint density at radius 3 is 2.45 bits per heavy atom. The summed E-state index contributed by atoms with van der Waals surface area (Å²) in [6.07, 6.45) is 0. The number of carbonyl (C=O) groups excluding carboxylic acids is 1. The van der Waals surface area contributed by atoms with Crippen molar-refractivity contribution >= 4 is 15.7 Å². The van der Waals surface area contributed by atoms with Crippen molar-refractivity contribution in [2.24, 2.45) is 0 Å². The maximum atomic E-state index is 14.1. The van der Waals surface area contributed by atoms with Gasteiger partial charge in [-0.3, -0.25) is 9.59 Å². The first-order valence-electron chi connectivity index (χ1n) is 8.71. The molecule has 1 heterocycles. The van der Waals surface area contributed by atoms with E-state index in [4.69, 9.17) is 0 Å². The third kappa shape index (κ3) is 4.57. The number of amides is 1. The molecule has 0 saturated heterocycles. The number of aromatic nitrogens is 2. The summed E-state index contributed by atoms with van der Waals surface area (Å²) in [6.45, 7) is 1.36. The molecule has 3 aromatic rings. The molecule has 0 radical (unpaired) electrons. The van der Waals surface area contributed by atoms with Gasteiger partial charge in [-0.25, -0.2) is 17.5 Å². The summed E-state index contributed by atoms with van der Waals surface area (Å²) in [6, 6.07) is 14.8. The van der Waals surface area contributed by atoms with E-state index in [1.54, 1.807) is 31.2 Å². The molecular formula is C20H18FN3O4S. The predicted octanol–water partition coefficient (Wildman–Crippen LogP) is 1.88. The van der Waals surface area contributed by atoms with Crippen LogP contribution >= 0.6 is 0 Å². The van der Waals surface area contributed by atoms with Crippen molar-refractivity contribution in [3.05, 3.63) is 88.1 Å². The minimum atomic E-state index is -3.58. The van der Waals surface area contributed by atoms with Crippen molar-refractivity contribution < 1.29 is 17.6 Å². The van der Waals surface area contributed by atoms with E-state index >= 15 is 0 Å². The standard InChI is InChI=1S/C20H18FN3O4S/c1-14-13-18(25)19(23-24(14)17-10-6-5-9-16(17)21)20(26)22-11-12-29(27,28)15-7-3-2-4-8-15/h2-10,13H,11-12H2,1H3,(H,22,26). The minimum absolute atomic E-state index is 0.0886. The van der Waals surface area contributed by atoms with Crippen LogP contribution in [0.15, 0.2) is 70.4 Å². The quantitative estimate of drug-likeness (QED) is 0.663. The van der Waals surface area contributed by atoms with Crippen LogP contribution in [-0.2, 0) is 9.84 Å². The van der Waals surface area contributed by atoms with E-state index in [0.29, 0.717) is 5.69 Å². The lowest BCUT2D eigenvalue weighted by Crippen LogP contribution is -2.34. The van der Waals surface area contributed by atoms with Gasteiger partial charge >= 0.3 is 0 Å². The zero-order valence-electron chi connectivity index (χ0n) is 15.5. The molecular weight excluding hydrogens is 397 g/mol. The number of halogens is 1. The summed E-state index contributed by atoms with van der Waals surface area (Å²) in [5.41, 5.74) is -0.650. The van der Waals surface area contributed by atoms with E-state index in [-0.39, 0.29) is 22.9 Å². The second-order valence-corrected chi connectivity index (χ2v) is 8.36. The average molecular weight is 415 g/mol. The molecule has 0 atom stereocenters. The second kappa shape index (κ2) is 8.36. The molecule has 0 unspecified atom stereocenters. The molecule has 0 bridgehead atoms. The monoisotopic (exact) mass is 415 g/mol. The maximum absolute atomic E-state index is 14.1. The fourth-order valence-electron chi connectivity index (χ4n) is 2.70. The van der Waals surface area contributed by atoms with Crippen LogP contribution in [0.25, 0.3) is 5.69 Å². The summed E-state index contributed by atoms with van der Waals surface area (Å²) in [5.74, 6) is -1.73. The lowest BCUT2D eigenvalue weighted by Gasteiger charge is -2.12. The van der Waals surface area contributed by atoms with E-state index in [0.717, 1.165) is 4.68 Å². The molecule has 29 heavy (non-hydrogen) atoms. The third-order valence-electron chi connectivity index (χ3n) is 4.16. The average Bonchev–Trinajstić information content (AvgIpc) is 2.69. The van der Waals surface area contributed by atoms with Crippen LogP contribution in [0.4, 0.5) is 4.39 Å². The molecule has 0 aliphatic carbocycles. The highest BCUT2D eigenvalue weighted by molar-refractivity contribution is 7.91. The number of hydrogen-bond acceptors (Lipinski definition) is 5. The first-order valence-corrected chi connectivity index (χ1v) is 10.4. The molecule has 1 N–H and O–H groups in total. The molecule has 7 nitrogen and oxygen atoms in total. The number of aryl methyl sites for hydroxylation is 1. The van der Waals surface area contributed by atoms with E-state index in [2.05, 4.69) is 10.4 Å². The molecule has 0 fully saturated rings. The Hall–Kier alpha value is -3.33. The molecule has 0 aliphatic heterocycles. The van der Waals surface area contributed by atoms with Gasteiger partial charge in [-0.2, -0.15) is 5.10 Å². The van der Waals surface area contributed by atoms with Crippen LogP contribution in [0.2, 0.25) is 0 Å². The van der Waals surface area contributed by atoms with Gasteiger partial charge < -0.3 is 5.32 Å². The summed E-state index contributed by atoms with van der Waals surface area (Å²) < 4.78 is 39.8. The number of hydrogen-bond donors (Lipinski definition) is 1. The number of rotatable bonds is 6. The Morgan fingerprint density at radius 1 is 1.10 bits per heavy atom. The lowest BCUT2D eigenvalue weighted by atomic mass is 10.2. The summed E-state index contributed by atoms with van der Waals surface area (Å²) in [4.78, 5) is 24.7. The first kappa shape index (κ1) is 20.4. The molecule has 9 heteroatoms. The van der Waals surface area contributed by atoms with E-state index in [9.17, 15) is 22.4 Å². The SMILES string of the molecule is Cc1cc(=O)c(C(=O)NCCS(=O)(=O)c2ccccc2)nn1-c1ccccc1F. The van der Waals surface area contributed by atoms with Crippen LogP contribution in [0, 0.1) is 12.7 Å².